The van der Waals surface area contributed by atoms with E-state index in [2.05, 4.69) is 9.97 Å². The molecule has 0 aliphatic heterocycles. The zero-order chi connectivity index (χ0) is 14.0. The molecule has 2 aromatic rings. The minimum absolute atomic E-state index is 0.0136. The number of halogens is 4. The largest absolute Gasteiger partial charge is 0.264 e. The van der Waals surface area contributed by atoms with Gasteiger partial charge in [-0.25, -0.2) is 23.1 Å². The van der Waals surface area contributed by atoms with Gasteiger partial charge in [-0.1, -0.05) is 23.7 Å². The molecule has 1 heterocycles. The summed E-state index contributed by atoms with van der Waals surface area (Å²) in [5.41, 5.74) is -0.954. The predicted molar refractivity (Wildman–Crippen MR) is 62.1 cm³/mol. The average molecular weight is 284 g/mol. The third-order valence-electron chi connectivity index (χ3n) is 2.37. The van der Waals surface area contributed by atoms with Crippen LogP contribution in [-0.4, -0.2) is 9.97 Å². The van der Waals surface area contributed by atoms with E-state index in [4.69, 9.17) is 16.9 Å². The molecule has 0 bridgehead atoms. The Bertz CT molecular complexity index is 668. The summed E-state index contributed by atoms with van der Waals surface area (Å²) < 4.78 is 39.4. The van der Waals surface area contributed by atoms with Crippen LogP contribution in [0.5, 0.6) is 0 Å². The highest BCUT2D eigenvalue weighted by atomic mass is 35.5. The summed E-state index contributed by atoms with van der Waals surface area (Å²) in [6, 6.07) is 5.01. The maximum absolute atomic E-state index is 13.7. The zero-order valence-corrected chi connectivity index (χ0v) is 10.00. The van der Waals surface area contributed by atoms with Gasteiger partial charge in [-0.05, 0) is 6.07 Å². The maximum Gasteiger partial charge on any atom is 0.264 e. The number of benzene rings is 1. The van der Waals surface area contributed by atoms with Crippen LogP contribution in [0.15, 0.2) is 24.4 Å². The summed E-state index contributed by atoms with van der Waals surface area (Å²) in [5.74, 6) is -1.16. The van der Waals surface area contributed by atoms with E-state index in [1.807, 2.05) is 0 Å². The molecule has 7 heteroatoms. The summed E-state index contributed by atoms with van der Waals surface area (Å²) in [4.78, 5) is 7.37. The van der Waals surface area contributed by atoms with Crippen LogP contribution in [0, 0.1) is 17.1 Å². The van der Waals surface area contributed by atoms with Crippen molar-refractivity contribution < 1.29 is 13.2 Å². The average Bonchev–Trinajstić information content (AvgIpc) is 2.38. The second-order valence-corrected chi connectivity index (χ2v) is 3.87. The fourth-order valence-corrected chi connectivity index (χ4v) is 1.69. The summed E-state index contributed by atoms with van der Waals surface area (Å²) in [6.07, 6.45) is -1.81. The van der Waals surface area contributed by atoms with Crippen LogP contribution in [0.1, 0.15) is 17.6 Å². The van der Waals surface area contributed by atoms with E-state index in [0.717, 1.165) is 18.3 Å². The standard InChI is InChI=1S/C12H5ClF3N3/c13-10-6(4-17)5-18-12(19-10)9-7(11(15)16)2-1-3-8(9)14/h1-3,5,11H. The molecule has 0 saturated heterocycles. The first-order valence-corrected chi connectivity index (χ1v) is 5.42. The molecule has 0 saturated carbocycles. The highest BCUT2D eigenvalue weighted by Crippen LogP contribution is 2.32. The molecule has 0 spiro atoms. The van der Waals surface area contributed by atoms with Crippen molar-refractivity contribution in [3.05, 3.63) is 46.5 Å². The van der Waals surface area contributed by atoms with Crippen LogP contribution >= 0.6 is 11.6 Å². The summed E-state index contributed by atoms with van der Waals surface area (Å²) in [6.45, 7) is 0. The normalized spacial score (nSPS) is 10.5. The van der Waals surface area contributed by atoms with Crippen LogP contribution in [0.2, 0.25) is 5.15 Å². The lowest BCUT2D eigenvalue weighted by Gasteiger charge is -2.09. The Morgan fingerprint density at radius 1 is 1.32 bits per heavy atom. The zero-order valence-electron chi connectivity index (χ0n) is 9.24. The first-order valence-electron chi connectivity index (χ1n) is 5.04. The van der Waals surface area contributed by atoms with Crippen molar-refractivity contribution in [1.29, 1.82) is 5.26 Å². The number of rotatable bonds is 2. The molecule has 0 aliphatic carbocycles. The number of hydrogen-bond acceptors (Lipinski definition) is 3. The summed E-state index contributed by atoms with van der Waals surface area (Å²) >= 11 is 5.68. The molecule has 0 aliphatic rings. The number of aromatic nitrogens is 2. The second-order valence-electron chi connectivity index (χ2n) is 3.51. The molecule has 0 radical (unpaired) electrons. The molecule has 1 aromatic heterocycles. The molecular weight excluding hydrogens is 279 g/mol. The molecular formula is C12H5ClF3N3. The molecule has 0 amide bonds. The Kier molecular flexibility index (Phi) is 3.67. The molecule has 96 valence electrons. The van der Waals surface area contributed by atoms with E-state index in [9.17, 15) is 13.2 Å². The van der Waals surface area contributed by atoms with Crippen molar-refractivity contribution in [2.75, 3.05) is 0 Å². The Balaban J connectivity index is 2.65. The van der Waals surface area contributed by atoms with Crippen LogP contribution in [0.25, 0.3) is 11.4 Å². The molecule has 19 heavy (non-hydrogen) atoms. The molecule has 3 nitrogen and oxygen atoms in total. The first-order chi connectivity index (χ1) is 9.04. The van der Waals surface area contributed by atoms with Gasteiger partial charge >= 0.3 is 0 Å². The first kappa shape index (κ1) is 13.3. The van der Waals surface area contributed by atoms with Crippen molar-refractivity contribution in [1.82, 2.24) is 9.97 Å². The topological polar surface area (TPSA) is 49.6 Å². The maximum atomic E-state index is 13.7. The number of nitriles is 1. The van der Waals surface area contributed by atoms with E-state index in [1.165, 1.54) is 6.07 Å². The van der Waals surface area contributed by atoms with Gasteiger partial charge in [0.15, 0.2) is 11.0 Å². The quantitative estimate of drug-likeness (QED) is 0.789. The number of hydrogen-bond donors (Lipinski definition) is 0. The Hall–Kier alpha value is -2.13. The van der Waals surface area contributed by atoms with Gasteiger partial charge in [-0.2, -0.15) is 5.26 Å². The number of nitrogens with zero attached hydrogens (tertiary/aromatic N) is 3. The third kappa shape index (κ3) is 2.51. The molecule has 2 rings (SSSR count). The van der Waals surface area contributed by atoms with E-state index in [1.54, 1.807) is 6.07 Å². The van der Waals surface area contributed by atoms with Gasteiger partial charge in [0.1, 0.15) is 17.4 Å². The highest BCUT2D eigenvalue weighted by Gasteiger charge is 2.20. The lowest BCUT2D eigenvalue weighted by Crippen LogP contribution is -1.99. The fraction of sp³-hybridized carbons (Fsp3) is 0.0833. The molecule has 1 aromatic carbocycles. The van der Waals surface area contributed by atoms with Gasteiger partial charge in [-0.15, -0.1) is 0 Å². The van der Waals surface area contributed by atoms with Gasteiger partial charge in [0, 0.05) is 5.56 Å². The highest BCUT2D eigenvalue weighted by molar-refractivity contribution is 6.30. The monoisotopic (exact) mass is 283 g/mol. The van der Waals surface area contributed by atoms with E-state index < -0.39 is 23.4 Å². The van der Waals surface area contributed by atoms with Crippen LogP contribution in [-0.2, 0) is 0 Å². The molecule has 0 atom stereocenters. The molecule has 0 unspecified atom stereocenters. The lowest BCUT2D eigenvalue weighted by molar-refractivity contribution is 0.151. The van der Waals surface area contributed by atoms with Crippen molar-refractivity contribution in [2.45, 2.75) is 6.43 Å². The van der Waals surface area contributed by atoms with Gasteiger partial charge in [0.2, 0.25) is 0 Å². The fourth-order valence-electron chi connectivity index (χ4n) is 1.52. The van der Waals surface area contributed by atoms with E-state index in [-0.39, 0.29) is 16.5 Å². The van der Waals surface area contributed by atoms with E-state index in [0.29, 0.717) is 0 Å². The van der Waals surface area contributed by atoms with Crippen molar-refractivity contribution >= 4 is 11.6 Å². The van der Waals surface area contributed by atoms with Gasteiger partial charge in [-0.3, -0.25) is 0 Å². The number of alkyl halides is 2. The van der Waals surface area contributed by atoms with Crippen LogP contribution < -0.4 is 0 Å². The minimum atomic E-state index is -2.87. The predicted octanol–water partition coefficient (Wildman–Crippen LogP) is 3.75. The van der Waals surface area contributed by atoms with E-state index >= 15 is 0 Å². The van der Waals surface area contributed by atoms with Crippen LogP contribution in [0.3, 0.4) is 0 Å². The van der Waals surface area contributed by atoms with Gasteiger partial charge in [0.05, 0.1) is 11.8 Å². The summed E-state index contributed by atoms with van der Waals surface area (Å²) in [5, 5.41) is 8.46. The SMILES string of the molecule is N#Cc1cnc(-c2c(F)cccc2C(F)F)nc1Cl. The van der Waals surface area contributed by atoms with Crippen molar-refractivity contribution in [3.63, 3.8) is 0 Å². The third-order valence-corrected chi connectivity index (χ3v) is 2.66. The Labute approximate surface area is 111 Å². The smallest absolute Gasteiger partial charge is 0.235 e. The Morgan fingerprint density at radius 3 is 2.63 bits per heavy atom. The summed E-state index contributed by atoms with van der Waals surface area (Å²) in [7, 11) is 0. The van der Waals surface area contributed by atoms with Crippen LogP contribution in [0.4, 0.5) is 13.2 Å². The van der Waals surface area contributed by atoms with Crippen molar-refractivity contribution in [2.24, 2.45) is 0 Å². The lowest BCUT2D eigenvalue weighted by atomic mass is 10.1. The molecule has 0 N–H and O–H groups in total. The van der Waals surface area contributed by atoms with Gasteiger partial charge in [0.25, 0.3) is 6.43 Å². The van der Waals surface area contributed by atoms with Crippen molar-refractivity contribution in [3.8, 4) is 17.5 Å². The second kappa shape index (κ2) is 5.24. The Morgan fingerprint density at radius 2 is 2.05 bits per heavy atom. The minimum Gasteiger partial charge on any atom is -0.235 e. The van der Waals surface area contributed by atoms with Gasteiger partial charge < -0.3 is 0 Å². The molecule has 0 fully saturated rings.